The number of hydrogen-bond acceptors (Lipinski definition) is 7. The van der Waals surface area contributed by atoms with Gasteiger partial charge < -0.3 is 34.7 Å². The van der Waals surface area contributed by atoms with Crippen LogP contribution in [0.25, 0.3) is 0 Å². The molecular weight excluding hydrogens is 454 g/mol. The summed E-state index contributed by atoms with van der Waals surface area (Å²) in [5.41, 5.74) is -1.31. The van der Waals surface area contributed by atoms with Gasteiger partial charge in [-0.2, -0.15) is 0 Å². The van der Waals surface area contributed by atoms with E-state index in [9.17, 15) is 19.8 Å². The first-order valence-corrected chi connectivity index (χ1v) is 8.52. The van der Waals surface area contributed by atoms with Crippen LogP contribution >= 0.6 is 30.4 Å². The topological polar surface area (TPSA) is 203 Å². The van der Waals surface area contributed by atoms with Gasteiger partial charge in [0.1, 0.15) is 18.3 Å². The van der Waals surface area contributed by atoms with E-state index in [1.54, 1.807) is 22.6 Å². The Labute approximate surface area is 141 Å². The van der Waals surface area contributed by atoms with Crippen molar-refractivity contribution in [3.63, 3.8) is 0 Å². The smallest absolute Gasteiger partial charge is 0.394 e. The largest absolute Gasteiger partial charge is 0.466 e. The maximum Gasteiger partial charge on any atom is 0.466 e. The van der Waals surface area contributed by atoms with Crippen molar-refractivity contribution in [3.8, 4) is 0 Å². The highest BCUT2D eigenvalue weighted by Gasteiger charge is 2.44. The standard InChI is InChI=1S/C9H11IN2O6.H3O4P/c10-4-1-5(14)11-9(17)12(4)8-7(16)6(15)3(2-13)18-8;1-5(2,3)4/h1,3,6-8,13,15-16H,2H2,(H,11,14,17);(H3,1,2,3,4)/t3-,6-,7-,8-;/m1./s1. The van der Waals surface area contributed by atoms with Crippen molar-refractivity contribution in [1.29, 1.82) is 0 Å². The maximum absolute atomic E-state index is 11.7. The number of aliphatic hydroxyl groups is 3. The second-order valence-electron chi connectivity index (χ2n) is 4.37. The Hall–Kier alpha value is -0.640. The summed E-state index contributed by atoms with van der Waals surface area (Å²) in [5, 5.41) is 28.3. The predicted octanol–water partition coefficient (Wildman–Crippen LogP) is -3.18. The normalized spacial score (nSPS) is 27.4. The summed E-state index contributed by atoms with van der Waals surface area (Å²) in [6.45, 7) is -0.483. The van der Waals surface area contributed by atoms with Gasteiger partial charge in [-0.15, -0.1) is 0 Å². The zero-order chi connectivity index (χ0) is 17.9. The number of halogens is 1. The highest BCUT2D eigenvalue weighted by atomic mass is 127. The number of H-pyrrole nitrogens is 1. The second kappa shape index (κ2) is 7.96. The lowest BCUT2D eigenvalue weighted by molar-refractivity contribution is -0.0562. The summed E-state index contributed by atoms with van der Waals surface area (Å²) in [7, 11) is -4.64. The molecule has 0 spiro atoms. The van der Waals surface area contributed by atoms with Gasteiger partial charge in [-0.05, 0) is 22.6 Å². The van der Waals surface area contributed by atoms with Gasteiger partial charge in [-0.1, -0.05) is 0 Å². The Morgan fingerprint density at radius 1 is 1.26 bits per heavy atom. The molecule has 7 N–H and O–H groups in total. The minimum atomic E-state index is -4.64. The van der Waals surface area contributed by atoms with Gasteiger partial charge in [0.2, 0.25) is 0 Å². The highest BCUT2D eigenvalue weighted by molar-refractivity contribution is 14.1. The quantitative estimate of drug-likeness (QED) is 0.132. The van der Waals surface area contributed by atoms with E-state index in [1.807, 2.05) is 4.98 Å². The molecule has 0 aromatic carbocycles. The molecule has 23 heavy (non-hydrogen) atoms. The van der Waals surface area contributed by atoms with Crippen LogP contribution in [0.1, 0.15) is 6.23 Å². The van der Waals surface area contributed by atoms with Gasteiger partial charge >= 0.3 is 13.5 Å². The van der Waals surface area contributed by atoms with Crippen molar-refractivity contribution < 1.29 is 39.3 Å². The predicted molar refractivity (Wildman–Crippen MR) is 81.3 cm³/mol. The fourth-order valence-electron chi connectivity index (χ4n) is 1.81. The van der Waals surface area contributed by atoms with Gasteiger partial charge in [-0.3, -0.25) is 14.3 Å². The lowest BCUT2D eigenvalue weighted by Gasteiger charge is -2.18. The van der Waals surface area contributed by atoms with E-state index >= 15 is 0 Å². The molecule has 132 valence electrons. The molecule has 12 nitrogen and oxygen atoms in total. The number of ether oxygens (including phenoxy) is 1. The molecule has 0 saturated carbocycles. The summed E-state index contributed by atoms with van der Waals surface area (Å²) < 4.78 is 15.4. The molecular formula is C9H14IN2O10P. The summed E-state index contributed by atoms with van der Waals surface area (Å²) in [6.07, 6.45) is -4.78. The number of rotatable bonds is 2. The van der Waals surface area contributed by atoms with E-state index < -0.39 is 50.2 Å². The SMILES string of the molecule is O=P(O)(O)O.O=c1cc(I)n([C@@H]2O[C@H](CO)[C@@H](O)[C@H]2O)c(=O)[nH]1. The minimum Gasteiger partial charge on any atom is -0.394 e. The maximum atomic E-state index is 11.7. The van der Waals surface area contributed by atoms with Crippen LogP contribution < -0.4 is 11.2 Å². The van der Waals surface area contributed by atoms with Gasteiger partial charge in [0.15, 0.2) is 6.23 Å². The molecule has 1 aromatic rings. The van der Waals surface area contributed by atoms with E-state index in [-0.39, 0.29) is 3.70 Å². The van der Waals surface area contributed by atoms with Crippen LogP contribution in [0.2, 0.25) is 0 Å². The molecule has 1 fully saturated rings. The average Bonchev–Trinajstić information content (AvgIpc) is 2.64. The van der Waals surface area contributed by atoms with Crippen LogP contribution in [0.4, 0.5) is 0 Å². The summed E-state index contributed by atoms with van der Waals surface area (Å²) >= 11 is 1.75. The molecule has 1 saturated heterocycles. The number of nitrogens with one attached hydrogen (secondary N) is 1. The number of aromatic nitrogens is 2. The Kier molecular flexibility index (Phi) is 7.06. The summed E-state index contributed by atoms with van der Waals surface area (Å²) in [5.74, 6) is 0. The Balaban J connectivity index is 0.000000463. The van der Waals surface area contributed by atoms with Crippen molar-refractivity contribution in [2.45, 2.75) is 24.5 Å². The highest BCUT2D eigenvalue weighted by Crippen LogP contribution is 2.29. The monoisotopic (exact) mass is 468 g/mol. The minimum absolute atomic E-state index is 0.260. The van der Waals surface area contributed by atoms with Crippen molar-refractivity contribution in [1.82, 2.24) is 9.55 Å². The third kappa shape index (κ3) is 5.74. The number of phosphoric acid groups is 1. The molecule has 1 aromatic heterocycles. The van der Waals surface area contributed by atoms with Crippen molar-refractivity contribution in [2.24, 2.45) is 0 Å². The van der Waals surface area contributed by atoms with E-state index in [0.717, 1.165) is 10.6 Å². The van der Waals surface area contributed by atoms with E-state index in [0.29, 0.717) is 0 Å². The summed E-state index contributed by atoms with van der Waals surface area (Å²) in [4.78, 5) is 46.3. The Morgan fingerprint density at radius 3 is 2.17 bits per heavy atom. The number of aromatic amines is 1. The van der Waals surface area contributed by atoms with E-state index in [4.69, 9.17) is 29.1 Å². The lowest BCUT2D eigenvalue weighted by Crippen LogP contribution is -2.39. The molecule has 1 aliphatic rings. The third-order valence-corrected chi connectivity index (χ3v) is 3.53. The Bertz CT molecular complexity index is 690. The van der Waals surface area contributed by atoms with Crippen LogP contribution in [-0.2, 0) is 9.30 Å². The lowest BCUT2D eigenvalue weighted by atomic mass is 10.1. The van der Waals surface area contributed by atoms with Crippen LogP contribution in [-0.4, -0.2) is 64.5 Å². The number of nitrogens with zero attached hydrogens (tertiary/aromatic N) is 1. The molecule has 0 amide bonds. The molecule has 1 aliphatic heterocycles. The van der Waals surface area contributed by atoms with Crippen LogP contribution in [0.3, 0.4) is 0 Å². The van der Waals surface area contributed by atoms with Crippen molar-refractivity contribution >= 4 is 30.4 Å². The van der Waals surface area contributed by atoms with Crippen molar-refractivity contribution in [2.75, 3.05) is 6.61 Å². The fourth-order valence-corrected chi connectivity index (χ4v) is 2.58. The van der Waals surface area contributed by atoms with Crippen LogP contribution in [0, 0.1) is 3.70 Å². The second-order valence-corrected chi connectivity index (χ2v) is 6.51. The molecule has 2 heterocycles. The van der Waals surface area contributed by atoms with Gasteiger partial charge in [0.05, 0.1) is 10.3 Å². The first kappa shape index (κ1) is 20.4. The molecule has 0 aliphatic carbocycles. The Morgan fingerprint density at radius 2 is 1.78 bits per heavy atom. The van der Waals surface area contributed by atoms with Gasteiger partial charge in [-0.25, -0.2) is 9.36 Å². The molecule has 4 atom stereocenters. The zero-order valence-electron chi connectivity index (χ0n) is 11.2. The molecule has 0 unspecified atom stereocenters. The van der Waals surface area contributed by atoms with Crippen molar-refractivity contribution in [3.05, 3.63) is 30.6 Å². The molecule has 14 heteroatoms. The number of aliphatic hydroxyl groups excluding tert-OH is 3. The number of hydrogen-bond donors (Lipinski definition) is 7. The van der Waals surface area contributed by atoms with Gasteiger partial charge in [0, 0.05) is 6.07 Å². The van der Waals surface area contributed by atoms with Crippen LogP contribution in [0.15, 0.2) is 15.7 Å². The van der Waals surface area contributed by atoms with Crippen LogP contribution in [0.5, 0.6) is 0 Å². The molecule has 2 rings (SSSR count). The fraction of sp³-hybridized carbons (Fsp3) is 0.556. The van der Waals surface area contributed by atoms with Gasteiger partial charge in [0.25, 0.3) is 5.56 Å². The zero-order valence-corrected chi connectivity index (χ0v) is 14.2. The molecule has 0 radical (unpaired) electrons. The molecule has 0 bridgehead atoms. The first-order valence-electron chi connectivity index (χ1n) is 5.87. The first-order chi connectivity index (χ1) is 10.5. The van der Waals surface area contributed by atoms with E-state index in [2.05, 4.69) is 0 Å². The van der Waals surface area contributed by atoms with E-state index in [1.165, 1.54) is 0 Å². The average molecular weight is 468 g/mol. The third-order valence-electron chi connectivity index (χ3n) is 2.70. The summed E-state index contributed by atoms with van der Waals surface area (Å²) in [6, 6.07) is 1.16.